The number of ether oxygens (including phenoxy) is 3. The summed E-state index contributed by atoms with van der Waals surface area (Å²) in [4.78, 5) is 16.0. The summed E-state index contributed by atoms with van der Waals surface area (Å²) >= 11 is 0. The highest BCUT2D eigenvalue weighted by molar-refractivity contribution is 6.03. The van der Waals surface area contributed by atoms with Crippen LogP contribution >= 0.6 is 0 Å². The van der Waals surface area contributed by atoms with Crippen LogP contribution in [-0.4, -0.2) is 32.6 Å². The van der Waals surface area contributed by atoms with Gasteiger partial charge in [-0.25, -0.2) is 15.1 Å². The van der Waals surface area contributed by atoms with Crippen molar-refractivity contribution >= 4 is 17.4 Å². The smallest absolute Gasteiger partial charge is 0.341 e. The van der Waals surface area contributed by atoms with Gasteiger partial charge in [-0.1, -0.05) is 35.7 Å². The third kappa shape index (κ3) is 6.12. The van der Waals surface area contributed by atoms with Crippen LogP contribution < -0.4 is 25.5 Å². The first-order chi connectivity index (χ1) is 14.5. The molecule has 30 heavy (non-hydrogen) atoms. The Hall–Kier alpha value is -3.76. The molecular formula is C23H26N3O4+. The van der Waals surface area contributed by atoms with Gasteiger partial charge in [-0.3, -0.25) is 0 Å². The zero-order valence-corrected chi connectivity index (χ0v) is 17.3. The lowest BCUT2D eigenvalue weighted by atomic mass is 10.1. The van der Waals surface area contributed by atoms with Gasteiger partial charge in [0.1, 0.15) is 12.3 Å². The Labute approximate surface area is 176 Å². The minimum absolute atomic E-state index is 0.00285. The molecule has 4 N–H and O–H groups in total. The van der Waals surface area contributed by atoms with Crippen LogP contribution in [0.4, 0.5) is 5.69 Å². The molecule has 7 nitrogen and oxygen atoms in total. The van der Waals surface area contributed by atoms with Crippen molar-refractivity contribution in [3.8, 4) is 23.8 Å². The molecule has 1 amide bonds. The molecule has 1 unspecified atom stereocenters. The lowest BCUT2D eigenvalue weighted by Crippen LogP contribution is -2.70. The van der Waals surface area contributed by atoms with Crippen LogP contribution in [0.15, 0.2) is 54.7 Å². The second-order valence-corrected chi connectivity index (χ2v) is 6.26. The predicted molar refractivity (Wildman–Crippen MR) is 115 cm³/mol. The zero-order valence-electron chi connectivity index (χ0n) is 17.3. The van der Waals surface area contributed by atoms with Gasteiger partial charge in [-0.2, -0.15) is 0 Å². The number of benzene rings is 2. The first-order valence-corrected chi connectivity index (χ1v) is 9.19. The summed E-state index contributed by atoms with van der Waals surface area (Å²) in [5.74, 6) is 3.49. The van der Waals surface area contributed by atoms with Gasteiger partial charge < -0.3 is 19.9 Å². The van der Waals surface area contributed by atoms with Gasteiger partial charge in [-0.05, 0) is 24.6 Å². The summed E-state index contributed by atoms with van der Waals surface area (Å²) in [5.41, 5.74) is 7.98. The first-order valence-electron chi connectivity index (χ1n) is 9.19. The Balaban J connectivity index is 2.30. The van der Waals surface area contributed by atoms with Crippen molar-refractivity contribution in [2.45, 2.75) is 13.0 Å². The molecule has 7 heteroatoms. The fraction of sp³-hybridized carbons (Fsp3) is 0.217. The average Bonchev–Trinajstić information content (AvgIpc) is 2.75. The number of amides is 1. The van der Waals surface area contributed by atoms with E-state index in [4.69, 9.17) is 26.4 Å². The number of nitrogens with two attached hydrogens (primary N) is 1. The minimum atomic E-state index is -0.880. The van der Waals surface area contributed by atoms with Gasteiger partial charge in [0.2, 0.25) is 0 Å². The highest BCUT2D eigenvalue weighted by Crippen LogP contribution is 2.27. The standard InChI is InChI=1S/C23H25N3O4/c1-5-14-30-22(17-8-6-16(2)7-9-17)23(27)26-21(12-13-24)25-18-10-11-19(28-3)20(15-18)29-4/h1,6-13,15,22H,14,24H2,2-4H3,(H,25,26,27)/p+1. The second kappa shape index (κ2) is 11.3. The van der Waals surface area contributed by atoms with Crippen molar-refractivity contribution in [2.24, 2.45) is 5.73 Å². The van der Waals surface area contributed by atoms with Gasteiger partial charge in [0.25, 0.3) is 5.84 Å². The number of nitrogens with one attached hydrogen (secondary N) is 2. The Kier molecular flexibility index (Phi) is 8.48. The number of amidine groups is 1. The largest absolute Gasteiger partial charge is 0.493 e. The second-order valence-electron chi connectivity index (χ2n) is 6.26. The molecule has 0 spiro atoms. The number of carbonyl (C=O) groups excluding carboxylic acids is 1. The molecule has 156 valence electrons. The molecule has 2 aromatic rings. The van der Waals surface area contributed by atoms with Crippen LogP contribution in [0.3, 0.4) is 0 Å². The molecule has 2 rings (SSSR count). The van der Waals surface area contributed by atoms with Crippen LogP contribution in [0.2, 0.25) is 0 Å². The number of methoxy groups -OCH3 is 2. The summed E-state index contributed by atoms with van der Waals surface area (Å²) in [6.07, 6.45) is 7.27. The molecule has 0 aliphatic carbocycles. The van der Waals surface area contributed by atoms with Crippen LogP contribution in [0.25, 0.3) is 0 Å². The SMILES string of the molecule is C#CCOC(C(=O)NC(C=CN)=[NH+]c1ccc(OC)c(OC)c1)c1ccc(C)cc1. The third-order valence-electron chi connectivity index (χ3n) is 4.13. The summed E-state index contributed by atoms with van der Waals surface area (Å²) in [6, 6.07) is 12.7. The lowest BCUT2D eigenvalue weighted by Gasteiger charge is -2.14. The van der Waals surface area contributed by atoms with Crippen molar-refractivity contribution in [3.63, 3.8) is 0 Å². The molecule has 0 aliphatic heterocycles. The van der Waals surface area contributed by atoms with E-state index >= 15 is 0 Å². The number of aryl methyl sites for hydroxylation is 1. The van der Waals surface area contributed by atoms with Gasteiger partial charge in [0.05, 0.1) is 14.2 Å². The summed E-state index contributed by atoms with van der Waals surface area (Å²) in [6.45, 7) is 1.96. The Morgan fingerprint density at radius 2 is 1.90 bits per heavy atom. The maximum atomic E-state index is 12.9. The number of hydrogen-bond donors (Lipinski definition) is 3. The van der Waals surface area contributed by atoms with Crippen LogP contribution in [0, 0.1) is 19.3 Å². The molecule has 0 heterocycles. The van der Waals surface area contributed by atoms with Crippen molar-refractivity contribution in [2.75, 3.05) is 20.8 Å². The molecular weight excluding hydrogens is 382 g/mol. The molecule has 0 aromatic heterocycles. The van der Waals surface area contributed by atoms with Crippen LogP contribution in [0.1, 0.15) is 17.2 Å². The highest BCUT2D eigenvalue weighted by Gasteiger charge is 2.26. The summed E-state index contributed by atoms with van der Waals surface area (Å²) < 4.78 is 16.1. The van der Waals surface area contributed by atoms with Crippen molar-refractivity contribution in [1.29, 1.82) is 0 Å². The highest BCUT2D eigenvalue weighted by atomic mass is 16.5. The van der Waals surface area contributed by atoms with Gasteiger partial charge >= 0.3 is 5.91 Å². The molecule has 2 aromatic carbocycles. The molecule has 0 saturated carbocycles. The summed E-state index contributed by atoms with van der Waals surface area (Å²) in [5, 5.41) is 2.79. The van der Waals surface area contributed by atoms with Crippen LogP contribution in [0.5, 0.6) is 11.5 Å². The molecule has 0 aliphatic rings. The molecule has 0 bridgehead atoms. The monoisotopic (exact) mass is 408 g/mol. The normalized spacial score (nSPS) is 12.3. The Morgan fingerprint density at radius 1 is 1.20 bits per heavy atom. The molecule has 1 atom stereocenters. The minimum Gasteiger partial charge on any atom is -0.493 e. The maximum absolute atomic E-state index is 12.9. The number of carbonyl (C=O) groups is 1. The number of rotatable bonds is 8. The van der Waals surface area contributed by atoms with Crippen LogP contribution in [-0.2, 0) is 9.53 Å². The topological polar surface area (TPSA) is 96.8 Å². The molecule has 0 radical (unpaired) electrons. The third-order valence-corrected chi connectivity index (χ3v) is 4.13. The van der Waals surface area contributed by atoms with Gasteiger partial charge in [0, 0.05) is 18.3 Å². The zero-order chi connectivity index (χ0) is 21.9. The quantitative estimate of drug-likeness (QED) is 0.345. The first kappa shape index (κ1) is 22.5. The van der Waals surface area contributed by atoms with E-state index in [0.717, 1.165) is 5.56 Å². The molecule has 0 saturated heterocycles. The molecule has 0 fully saturated rings. The van der Waals surface area contributed by atoms with E-state index in [2.05, 4.69) is 16.2 Å². The van der Waals surface area contributed by atoms with E-state index in [9.17, 15) is 4.79 Å². The Morgan fingerprint density at radius 3 is 2.50 bits per heavy atom. The van der Waals surface area contributed by atoms with E-state index in [-0.39, 0.29) is 6.61 Å². The maximum Gasteiger partial charge on any atom is 0.341 e. The van der Waals surface area contributed by atoms with E-state index in [1.165, 1.54) is 12.3 Å². The number of hydrogen-bond acceptors (Lipinski definition) is 5. The number of terminal acetylenes is 1. The fourth-order valence-electron chi connectivity index (χ4n) is 2.67. The Bertz CT molecular complexity index is 959. The van der Waals surface area contributed by atoms with Crippen molar-refractivity contribution in [1.82, 2.24) is 5.32 Å². The summed E-state index contributed by atoms with van der Waals surface area (Å²) in [7, 11) is 3.10. The predicted octanol–water partition coefficient (Wildman–Crippen LogP) is 1.10. The van der Waals surface area contributed by atoms with Gasteiger partial charge in [0.15, 0.2) is 17.6 Å². The van der Waals surface area contributed by atoms with Crippen molar-refractivity contribution in [3.05, 3.63) is 65.9 Å². The van der Waals surface area contributed by atoms with E-state index in [1.807, 2.05) is 31.2 Å². The van der Waals surface area contributed by atoms with E-state index in [0.29, 0.717) is 28.6 Å². The van der Waals surface area contributed by atoms with E-state index in [1.54, 1.807) is 32.4 Å². The fourth-order valence-corrected chi connectivity index (χ4v) is 2.67. The average molecular weight is 408 g/mol. The van der Waals surface area contributed by atoms with Crippen molar-refractivity contribution < 1.29 is 24.0 Å². The lowest BCUT2D eigenvalue weighted by molar-refractivity contribution is -0.355. The van der Waals surface area contributed by atoms with E-state index < -0.39 is 12.0 Å². The van der Waals surface area contributed by atoms with Gasteiger partial charge in [-0.15, -0.1) is 6.42 Å².